The molecule has 0 aromatic heterocycles. The normalized spacial score (nSPS) is 14.0. The third kappa shape index (κ3) is 2.68. The van der Waals surface area contributed by atoms with Crippen LogP contribution in [0.2, 0.25) is 0 Å². The van der Waals surface area contributed by atoms with Crippen LogP contribution in [0.15, 0.2) is 48.0 Å². The molecule has 0 aliphatic heterocycles. The van der Waals surface area contributed by atoms with Gasteiger partial charge in [-0.2, -0.15) is 0 Å². The van der Waals surface area contributed by atoms with Gasteiger partial charge in [0.1, 0.15) is 0 Å². The van der Waals surface area contributed by atoms with Gasteiger partial charge >= 0.3 is 0 Å². The van der Waals surface area contributed by atoms with Crippen molar-refractivity contribution in [3.05, 3.63) is 71.1 Å². The Kier molecular flexibility index (Phi) is 3.49. The highest BCUT2D eigenvalue weighted by atomic mass is 14.2. The summed E-state index contributed by atoms with van der Waals surface area (Å²) in [5.41, 5.74) is 8.39. The number of rotatable bonds is 2. The Labute approximate surface area is 128 Å². The third-order valence-corrected chi connectivity index (χ3v) is 4.28. The SMILES string of the molecule is CCC1=Cc2c(cccc2-c2ccc(C(C)(C)C)cc2)[CH]1. The lowest BCUT2D eigenvalue weighted by atomic mass is 9.86. The van der Waals surface area contributed by atoms with Crippen molar-refractivity contribution in [3.63, 3.8) is 0 Å². The maximum Gasteiger partial charge on any atom is 0.0164 e. The van der Waals surface area contributed by atoms with Gasteiger partial charge in [-0.3, -0.25) is 0 Å². The van der Waals surface area contributed by atoms with Crippen molar-refractivity contribution in [1.29, 1.82) is 0 Å². The number of hydrogen-bond acceptors (Lipinski definition) is 0. The maximum absolute atomic E-state index is 2.34. The molecule has 0 spiro atoms. The Morgan fingerprint density at radius 3 is 2.24 bits per heavy atom. The van der Waals surface area contributed by atoms with Crippen LogP contribution >= 0.6 is 0 Å². The quantitative estimate of drug-likeness (QED) is 0.629. The summed E-state index contributed by atoms with van der Waals surface area (Å²) >= 11 is 0. The summed E-state index contributed by atoms with van der Waals surface area (Å²) in [5.74, 6) is 0. The fourth-order valence-corrected chi connectivity index (χ4v) is 2.90. The fourth-order valence-electron chi connectivity index (χ4n) is 2.90. The summed E-state index contributed by atoms with van der Waals surface area (Å²) in [4.78, 5) is 0. The van der Waals surface area contributed by atoms with Crippen LogP contribution in [0.1, 0.15) is 50.8 Å². The molecule has 0 atom stereocenters. The van der Waals surface area contributed by atoms with E-state index in [4.69, 9.17) is 0 Å². The highest BCUT2D eigenvalue weighted by Crippen LogP contribution is 2.36. The van der Waals surface area contributed by atoms with Crippen molar-refractivity contribution in [1.82, 2.24) is 0 Å². The molecule has 0 fully saturated rings. The molecule has 1 aliphatic rings. The number of hydrogen-bond donors (Lipinski definition) is 0. The minimum absolute atomic E-state index is 0.209. The Bertz CT molecular complexity index is 679. The summed E-state index contributed by atoms with van der Waals surface area (Å²) in [7, 11) is 0. The summed E-state index contributed by atoms with van der Waals surface area (Å²) in [5, 5.41) is 0. The van der Waals surface area contributed by atoms with E-state index in [1.54, 1.807) is 0 Å². The molecule has 0 heteroatoms. The van der Waals surface area contributed by atoms with Crippen molar-refractivity contribution < 1.29 is 0 Å². The van der Waals surface area contributed by atoms with Crippen LogP contribution < -0.4 is 0 Å². The second-order valence-electron chi connectivity index (χ2n) is 6.85. The third-order valence-electron chi connectivity index (χ3n) is 4.28. The Balaban J connectivity index is 2.03. The Hall–Kier alpha value is -1.82. The molecule has 0 bridgehead atoms. The fraction of sp³-hybridized carbons (Fsp3) is 0.286. The average Bonchev–Trinajstić information content (AvgIpc) is 2.89. The Morgan fingerprint density at radius 2 is 1.62 bits per heavy atom. The molecule has 0 saturated heterocycles. The molecule has 1 aliphatic carbocycles. The molecule has 107 valence electrons. The van der Waals surface area contributed by atoms with Gasteiger partial charge in [0.25, 0.3) is 0 Å². The first kappa shape index (κ1) is 14.1. The first-order valence-corrected chi connectivity index (χ1v) is 7.78. The summed E-state index contributed by atoms with van der Waals surface area (Å²) in [6.07, 6.45) is 5.74. The van der Waals surface area contributed by atoms with E-state index in [1.807, 2.05) is 0 Å². The Morgan fingerprint density at radius 1 is 0.905 bits per heavy atom. The molecular formula is C21H23. The second-order valence-corrected chi connectivity index (χ2v) is 6.85. The van der Waals surface area contributed by atoms with Crippen molar-refractivity contribution in [3.8, 4) is 11.1 Å². The molecule has 0 heterocycles. The molecule has 3 rings (SSSR count). The van der Waals surface area contributed by atoms with Crippen LogP contribution in [-0.2, 0) is 5.41 Å². The predicted octanol–water partition coefficient (Wildman–Crippen LogP) is 6.01. The lowest BCUT2D eigenvalue weighted by Crippen LogP contribution is -2.10. The van der Waals surface area contributed by atoms with Gasteiger partial charge in [-0.05, 0) is 39.7 Å². The zero-order chi connectivity index (χ0) is 15.0. The number of benzene rings is 2. The van der Waals surface area contributed by atoms with Crippen LogP contribution in [0.25, 0.3) is 17.2 Å². The van der Waals surface area contributed by atoms with E-state index < -0.39 is 0 Å². The highest BCUT2D eigenvalue weighted by Gasteiger charge is 2.17. The molecule has 0 amide bonds. The van der Waals surface area contributed by atoms with Crippen molar-refractivity contribution in [2.75, 3.05) is 0 Å². The van der Waals surface area contributed by atoms with Crippen molar-refractivity contribution in [2.45, 2.75) is 39.5 Å². The van der Waals surface area contributed by atoms with Gasteiger partial charge in [-0.25, -0.2) is 0 Å². The van der Waals surface area contributed by atoms with E-state index >= 15 is 0 Å². The van der Waals surface area contributed by atoms with Crippen LogP contribution in [0, 0.1) is 6.42 Å². The monoisotopic (exact) mass is 275 g/mol. The predicted molar refractivity (Wildman–Crippen MR) is 92.2 cm³/mol. The molecule has 21 heavy (non-hydrogen) atoms. The molecule has 1 radical (unpaired) electrons. The van der Waals surface area contributed by atoms with Gasteiger partial charge in [0, 0.05) is 6.42 Å². The van der Waals surface area contributed by atoms with Gasteiger partial charge in [0.15, 0.2) is 0 Å². The largest absolute Gasteiger partial charge is 0.0616 e. The van der Waals surface area contributed by atoms with E-state index in [1.165, 1.54) is 33.4 Å². The van der Waals surface area contributed by atoms with E-state index in [0.717, 1.165) is 6.42 Å². The average molecular weight is 275 g/mol. The highest BCUT2D eigenvalue weighted by molar-refractivity contribution is 5.83. The van der Waals surface area contributed by atoms with Crippen molar-refractivity contribution in [2.24, 2.45) is 0 Å². The lowest BCUT2D eigenvalue weighted by molar-refractivity contribution is 0.590. The van der Waals surface area contributed by atoms with Crippen LogP contribution in [0.3, 0.4) is 0 Å². The van der Waals surface area contributed by atoms with Gasteiger partial charge < -0.3 is 0 Å². The van der Waals surface area contributed by atoms with Crippen LogP contribution in [0.4, 0.5) is 0 Å². The van der Waals surface area contributed by atoms with Gasteiger partial charge in [0.2, 0.25) is 0 Å². The molecule has 2 aromatic carbocycles. The molecule has 0 unspecified atom stereocenters. The van der Waals surface area contributed by atoms with E-state index in [0.29, 0.717) is 0 Å². The minimum atomic E-state index is 0.209. The molecule has 0 nitrogen and oxygen atoms in total. The lowest BCUT2D eigenvalue weighted by Gasteiger charge is -2.19. The summed E-state index contributed by atoms with van der Waals surface area (Å²) in [6, 6.07) is 15.6. The molecule has 0 N–H and O–H groups in total. The van der Waals surface area contributed by atoms with E-state index in [-0.39, 0.29) is 5.41 Å². The first-order valence-electron chi connectivity index (χ1n) is 7.78. The number of fused-ring (bicyclic) bond motifs is 1. The van der Waals surface area contributed by atoms with E-state index in [9.17, 15) is 0 Å². The van der Waals surface area contributed by atoms with Crippen LogP contribution in [-0.4, -0.2) is 0 Å². The zero-order valence-corrected chi connectivity index (χ0v) is 13.4. The molecule has 2 aromatic rings. The first-order chi connectivity index (χ1) is 9.99. The zero-order valence-electron chi connectivity index (χ0n) is 13.4. The summed E-state index contributed by atoms with van der Waals surface area (Å²) in [6.45, 7) is 8.99. The topological polar surface area (TPSA) is 0 Å². The minimum Gasteiger partial charge on any atom is -0.0616 e. The van der Waals surface area contributed by atoms with Gasteiger partial charge in [0.05, 0.1) is 0 Å². The van der Waals surface area contributed by atoms with E-state index in [2.05, 4.69) is 82.7 Å². The maximum atomic E-state index is 2.34. The smallest absolute Gasteiger partial charge is 0.0164 e. The summed E-state index contributed by atoms with van der Waals surface area (Å²) < 4.78 is 0. The number of allylic oxidation sites excluding steroid dienone is 1. The van der Waals surface area contributed by atoms with Gasteiger partial charge in [-0.15, -0.1) is 0 Å². The second kappa shape index (κ2) is 5.18. The van der Waals surface area contributed by atoms with Gasteiger partial charge in [-0.1, -0.05) is 81.8 Å². The van der Waals surface area contributed by atoms with Crippen LogP contribution in [0.5, 0.6) is 0 Å². The van der Waals surface area contributed by atoms with Crippen molar-refractivity contribution >= 4 is 6.08 Å². The molecular weight excluding hydrogens is 252 g/mol. The molecule has 0 saturated carbocycles. The standard InChI is InChI=1S/C21H23/c1-5-15-13-17-7-6-8-19(20(17)14-15)16-9-11-18(12-10-16)21(2,3)4/h6-14H,5H2,1-4H3.